The third kappa shape index (κ3) is 6.63. The number of amides is 2. The minimum atomic E-state index is -4.87. The number of piperidine rings is 1. The summed E-state index contributed by atoms with van der Waals surface area (Å²) in [5.41, 5.74) is -2.76. The first-order valence-corrected chi connectivity index (χ1v) is 13.5. The zero-order valence-electron chi connectivity index (χ0n) is 23.5. The summed E-state index contributed by atoms with van der Waals surface area (Å²) in [6, 6.07) is 8.96. The number of benzene rings is 1. The number of likely N-dealkylation sites (N-methyl/N-ethyl adjacent to an activating group) is 2. The summed E-state index contributed by atoms with van der Waals surface area (Å²) in [5, 5.41) is 2.43. The van der Waals surface area contributed by atoms with Crippen molar-refractivity contribution in [2.45, 2.75) is 37.4 Å². The van der Waals surface area contributed by atoms with Gasteiger partial charge >= 0.3 is 6.18 Å². The van der Waals surface area contributed by atoms with Gasteiger partial charge in [-0.05, 0) is 68.5 Å². The molecule has 220 valence electrons. The first-order chi connectivity index (χ1) is 18.8. The molecule has 1 aliphatic heterocycles. The maximum absolute atomic E-state index is 14.4. The molecular formula is C28H37ClF3N5O3. The lowest BCUT2D eigenvalue weighted by Crippen LogP contribution is -2.62. The van der Waals surface area contributed by atoms with E-state index in [9.17, 15) is 22.8 Å². The zero-order chi connectivity index (χ0) is 29.7. The molecule has 8 nitrogen and oxygen atoms in total. The Bertz CT molecular complexity index is 1190. The van der Waals surface area contributed by atoms with Crippen molar-refractivity contribution < 1.29 is 27.5 Å². The van der Waals surface area contributed by atoms with E-state index < -0.39 is 17.6 Å². The fraction of sp³-hybridized carbons (Fsp3) is 0.536. The Hall–Kier alpha value is -3.05. The highest BCUT2D eigenvalue weighted by atomic mass is 35.5. The van der Waals surface area contributed by atoms with Gasteiger partial charge in [0.2, 0.25) is 5.54 Å². The number of methoxy groups -OCH3 is 1. The first kappa shape index (κ1) is 31.5. The molecule has 40 heavy (non-hydrogen) atoms. The summed E-state index contributed by atoms with van der Waals surface area (Å²) in [5.74, 6) is 0.0392. The van der Waals surface area contributed by atoms with Crippen LogP contribution in [0.5, 0.6) is 5.75 Å². The average molecular weight is 584 g/mol. The Labute approximate surface area is 238 Å². The smallest absolute Gasteiger partial charge is 0.419 e. The quantitative estimate of drug-likeness (QED) is 0.413. The van der Waals surface area contributed by atoms with Crippen molar-refractivity contribution in [2.24, 2.45) is 5.92 Å². The van der Waals surface area contributed by atoms with E-state index in [1.807, 2.05) is 0 Å². The molecule has 0 unspecified atom stereocenters. The number of halogens is 4. The van der Waals surface area contributed by atoms with Gasteiger partial charge in [0.05, 0.1) is 12.7 Å². The van der Waals surface area contributed by atoms with Crippen molar-refractivity contribution in [3.05, 3.63) is 52.7 Å². The minimum Gasteiger partial charge on any atom is -0.497 e. The van der Waals surface area contributed by atoms with Crippen LogP contribution in [0.2, 0.25) is 5.15 Å². The molecular weight excluding hydrogens is 547 g/mol. The second-order valence-electron chi connectivity index (χ2n) is 10.2. The summed E-state index contributed by atoms with van der Waals surface area (Å²) in [4.78, 5) is 34.6. The van der Waals surface area contributed by atoms with Gasteiger partial charge in [-0.25, -0.2) is 4.98 Å². The van der Waals surface area contributed by atoms with Gasteiger partial charge in [0.15, 0.2) is 0 Å². The normalized spacial score (nSPS) is 15.9. The van der Waals surface area contributed by atoms with E-state index in [1.54, 1.807) is 26.2 Å². The molecule has 1 aromatic carbocycles. The molecule has 2 amide bonds. The van der Waals surface area contributed by atoms with Crippen LogP contribution in [0.15, 0.2) is 36.4 Å². The Morgan fingerprint density at radius 3 is 2.38 bits per heavy atom. The SMILES string of the molecule is CN[C@@](C(=O)N(C)CCCC1CCN(c2ccc(C(=O)N(C)C)c(Cl)n2)CC1)(c1cccc(OC)c1)C(F)(F)F. The monoisotopic (exact) mass is 583 g/mol. The number of pyridine rings is 1. The fourth-order valence-electron chi connectivity index (χ4n) is 5.11. The second kappa shape index (κ2) is 13.1. The highest BCUT2D eigenvalue weighted by Crippen LogP contribution is 2.41. The number of anilines is 1. The Kier molecular flexibility index (Phi) is 10.3. The predicted molar refractivity (Wildman–Crippen MR) is 149 cm³/mol. The predicted octanol–water partition coefficient (Wildman–Crippen LogP) is 4.58. The van der Waals surface area contributed by atoms with Gasteiger partial charge in [0.1, 0.15) is 16.7 Å². The Balaban J connectivity index is 1.58. The van der Waals surface area contributed by atoms with Gasteiger partial charge in [-0.3, -0.25) is 14.9 Å². The molecule has 1 aromatic heterocycles. The fourth-order valence-corrected chi connectivity index (χ4v) is 5.35. The summed E-state index contributed by atoms with van der Waals surface area (Å²) < 4.78 is 48.4. The maximum atomic E-state index is 14.4. The van der Waals surface area contributed by atoms with Crippen LogP contribution in [0.4, 0.5) is 19.0 Å². The molecule has 2 aromatic rings. The van der Waals surface area contributed by atoms with E-state index in [4.69, 9.17) is 16.3 Å². The molecule has 3 rings (SSSR count). The van der Waals surface area contributed by atoms with E-state index in [2.05, 4.69) is 15.2 Å². The standard InChI is InChI=1S/C28H37ClF3N5O3/c1-33-27(28(30,31)32,20-9-6-10-21(18-20)40-5)26(39)36(4)15-7-8-19-13-16-37(17-14-19)23-12-11-22(24(29)34-23)25(38)35(2)3/h6,9-12,18-19,33H,7-8,13-17H2,1-5H3/t27-/m1/s1. The number of rotatable bonds is 10. The largest absolute Gasteiger partial charge is 0.497 e. The lowest BCUT2D eigenvalue weighted by Gasteiger charge is -2.38. The summed E-state index contributed by atoms with van der Waals surface area (Å²) in [6.07, 6.45) is -1.76. The van der Waals surface area contributed by atoms with Crippen molar-refractivity contribution in [2.75, 3.05) is 59.8 Å². The molecule has 0 spiro atoms. The van der Waals surface area contributed by atoms with E-state index >= 15 is 0 Å². The molecule has 12 heteroatoms. The topological polar surface area (TPSA) is 78.0 Å². The van der Waals surface area contributed by atoms with Crippen LogP contribution in [0.1, 0.15) is 41.6 Å². The van der Waals surface area contributed by atoms with Gasteiger partial charge in [-0.15, -0.1) is 0 Å². The number of alkyl halides is 3. The number of carbonyl (C=O) groups excluding carboxylic acids is 2. The van der Waals surface area contributed by atoms with Crippen LogP contribution >= 0.6 is 11.6 Å². The number of nitrogens with one attached hydrogen (secondary N) is 1. The second-order valence-corrected chi connectivity index (χ2v) is 10.6. The first-order valence-electron chi connectivity index (χ1n) is 13.1. The Morgan fingerprint density at radius 2 is 1.82 bits per heavy atom. The third-order valence-corrected chi connectivity index (χ3v) is 7.77. The van der Waals surface area contributed by atoms with Crippen LogP contribution < -0.4 is 15.0 Å². The van der Waals surface area contributed by atoms with Crippen LogP contribution in [-0.2, 0) is 10.3 Å². The maximum Gasteiger partial charge on any atom is 0.419 e. The lowest BCUT2D eigenvalue weighted by molar-refractivity contribution is -0.207. The average Bonchev–Trinajstić information content (AvgIpc) is 2.92. The van der Waals surface area contributed by atoms with Crippen LogP contribution in [-0.4, -0.2) is 87.7 Å². The Morgan fingerprint density at radius 1 is 1.15 bits per heavy atom. The summed E-state index contributed by atoms with van der Waals surface area (Å²) in [6.45, 7) is 1.69. The lowest BCUT2D eigenvalue weighted by atomic mass is 9.87. The molecule has 0 saturated carbocycles. The summed E-state index contributed by atoms with van der Waals surface area (Å²) >= 11 is 6.27. The molecule has 0 aliphatic carbocycles. The molecule has 1 aliphatic rings. The molecule has 1 saturated heterocycles. The van der Waals surface area contributed by atoms with E-state index in [1.165, 1.54) is 43.3 Å². The van der Waals surface area contributed by atoms with Crippen molar-refractivity contribution in [1.82, 2.24) is 20.1 Å². The molecule has 2 heterocycles. The zero-order valence-corrected chi connectivity index (χ0v) is 24.3. The van der Waals surface area contributed by atoms with Gasteiger partial charge in [-0.2, -0.15) is 13.2 Å². The third-order valence-electron chi connectivity index (χ3n) is 7.49. The van der Waals surface area contributed by atoms with Gasteiger partial charge in [0.25, 0.3) is 11.8 Å². The minimum absolute atomic E-state index is 0.163. The van der Waals surface area contributed by atoms with Crippen LogP contribution in [0.25, 0.3) is 0 Å². The summed E-state index contributed by atoms with van der Waals surface area (Å²) in [7, 11) is 7.21. The number of carbonyl (C=O) groups is 2. The molecule has 1 atom stereocenters. The molecule has 0 bridgehead atoms. The molecule has 1 N–H and O–H groups in total. The van der Waals surface area contributed by atoms with Gasteiger partial charge in [-0.1, -0.05) is 23.7 Å². The van der Waals surface area contributed by atoms with Gasteiger partial charge < -0.3 is 19.4 Å². The van der Waals surface area contributed by atoms with Crippen molar-refractivity contribution in [3.8, 4) is 5.75 Å². The number of aromatic nitrogens is 1. The highest BCUT2D eigenvalue weighted by Gasteiger charge is 2.61. The number of nitrogens with zero attached hydrogens (tertiary/aromatic N) is 4. The van der Waals surface area contributed by atoms with E-state index in [0.29, 0.717) is 23.7 Å². The van der Waals surface area contributed by atoms with Crippen LogP contribution in [0.3, 0.4) is 0 Å². The van der Waals surface area contributed by atoms with Gasteiger partial charge in [0, 0.05) is 40.8 Å². The molecule has 1 fully saturated rings. The highest BCUT2D eigenvalue weighted by molar-refractivity contribution is 6.32. The van der Waals surface area contributed by atoms with Crippen LogP contribution in [0, 0.1) is 5.92 Å². The van der Waals surface area contributed by atoms with Crippen molar-refractivity contribution in [1.29, 1.82) is 0 Å². The number of ether oxygens (including phenoxy) is 1. The van der Waals surface area contributed by atoms with Crippen molar-refractivity contribution >= 4 is 29.2 Å². The van der Waals surface area contributed by atoms with Crippen molar-refractivity contribution in [3.63, 3.8) is 0 Å². The number of hydrogen-bond acceptors (Lipinski definition) is 6. The molecule has 0 radical (unpaired) electrons. The number of hydrogen-bond donors (Lipinski definition) is 1. The van der Waals surface area contributed by atoms with E-state index in [-0.39, 0.29) is 28.9 Å². The van der Waals surface area contributed by atoms with E-state index in [0.717, 1.165) is 44.3 Å².